The van der Waals surface area contributed by atoms with Gasteiger partial charge in [0.25, 0.3) is 0 Å². The molecule has 1 aromatic carbocycles. The van der Waals surface area contributed by atoms with Crippen LogP contribution in [0.25, 0.3) is 5.69 Å². The van der Waals surface area contributed by atoms with Crippen molar-refractivity contribution in [2.45, 2.75) is 26.7 Å². The molecule has 1 aliphatic rings. The van der Waals surface area contributed by atoms with Crippen LogP contribution in [0.2, 0.25) is 5.02 Å². The minimum atomic E-state index is -0.00131. The van der Waals surface area contributed by atoms with Crippen molar-refractivity contribution in [3.8, 4) is 5.69 Å². The lowest BCUT2D eigenvalue weighted by atomic mass is 9.76. The Kier molecular flexibility index (Phi) is 3.30. The normalized spacial score (nSPS) is 17.1. The van der Waals surface area contributed by atoms with Crippen molar-refractivity contribution >= 4 is 33.3 Å². The number of aromatic nitrogens is 1. The second-order valence-corrected chi connectivity index (χ2v) is 7.41. The predicted molar refractivity (Wildman–Crippen MR) is 84.9 cm³/mol. The molecule has 104 valence electrons. The fourth-order valence-corrected chi connectivity index (χ4v) is 3.40. The van der Waals surface area contributed by atoms with Crippen molar-refractivity contribution in [1.82, 2.24) is 4.57 Å². The Morgan fingerprint density at radius 3 is 2.75 bits per heavy atom. The van der Waals surface area contributed by atoms with Gasteiger partial charge in [-0.15, -0.1) is 0 Å². The lowest BCUT2D eigenvalue weighted by molar-refractivity contribution is 0.0911. The van der Waals surface area contributed by atoms with E-state index < -0.39 is 0 Å². The molecule has 3 rings (SSSR count). The van der Waals surface area contributed by atoms with Gasteiger partial charge in [0.15, 0.2) is 5.78 Å². The van der Waals surface area contributed by atoms with E-state index in [1.807, 2.05) is 35.0 Å². The highest BCUT2D eigenvalue weighted by Crippen LogP contribution is 2.37. The van der Waals surface area contributed by atoms with Crippen LogP contribution < -0.4 is 0 Å². The monoisotopic (exact) mass is 351 g/mol. The molecule has 0 saturated carbocycles. The minimum Gasteiger partial charge on any atom is -0.319 e. The van der Waals surface area contributed by atoms with E-state index in [9.17, 15) is 4.79 Å². The summed E-state index contributed by atoms with van der Waals surface area (Å²) >= 11 is 9.78. The third-order valence-corrected chi connectivity index (χ3v) is 4.56. The van der Waals surface area contributed by atoms with E-state index in [0.717, 1.165) is 27.8 Å². The van der Waals surface area contributed by atoms with Gasteiger partial charge in [-0.2, -0.15) is 0 Å². The topological polar surface area (TPSA) is 22.0 Å². The summed E-state index contributed by atoms with van der Waals surface area (Å²) in [6.45, 7) is 4.27. The van der Waals surface area contributed by atoms with E-state index in [1.54, 1.807) is 0 Å². The van der Waals surface area contributed by atoms with Gasteiger partial charge in [-0.3, -0.25) is 4.79 Å². The summed E-state index contributed by atoms with van der Waals surface area (Å²) in [5.41, 5.74) is 2.80. The fraction of sp³-hybridized carbons (Fsp3) is 0.312. The highest BCUT2D eigenvalue weighted by molar-refractivity contribution is 9.10. The molecule has 0 N–H and O–H groups in total. The second kappa shape index (κ2) is 4.74. The van der Waals surface area contributed by atoms with Crippen LogP contribution in [0.5, 0.6) is 0 Å². The average molecular weight is 353 g/mol. The molecule has 0 atom stereocenters. The van der Waals surface area contributed by atoms with Crippen LogP contribution in [0.1, 0.15) is 36.3 Å². The van der Waals surface area contributed by atoms with Gasteiger partial charge in [0.2, 0.25) is 0 Å². The Labute approximate surface area is 131 Å². The molecule has 0 bridgehead atoms. The molecule has 0 saturated heterocycles. The highest BCUT2D eigenvalue weighted by atomic mass is 79.9. The van der Waals surface area contributed by atoms with E-state index in [1.165, 1.54) is 0 Å². The number of fused-ring (bicyclic) bond motifs is 1. The molecule has 20 heavy (non-hydrogen) atoms. The molecule has 1 aromatic heterocycles. The summed E-state index contributed by atoms with van der Waals surface area (Å²) in [6, 6.07) is 7.67. The van der Waals surface area contributed by atoms with Gasteiger partial charge in [0, 0.05) is 28.3 Å². The van der Waals surface area contributed by atoms with Gasteiger partial charge in [0.1, 0.15) is 0 Å². The zero-order chi connectivity index (χ0) is 14.5. The largest absolute Gasteiger partial charge is 0.319 e. The Morgan fingerprint density at radius 1 is 1.25 bits per heavy atom. The average Bonchev–Trinajstić information content (AvgIpc) is 2.74. The van der Waals surface area contributed by atoms with Gasteiger partial charge in [-0.05, 0) is 36.1 Å². The van der Waals surface area contributed by atoms with E-state index in [-0.39, 0.29) is 11.2 Å². The number of rotatable bonds is 1. The Balaban J connectivity index is 2.18. The molecule has 1 aliphatic carbocycles. The number of carbonyl (C=O) groups excluding carboxylic acids is 1. The van der Waals surface area contributed by atoms with Crippen molar-refractivity contribution in [3.05, 3.63) is 51.2 Å². The minimum absolute atomic E-state index is 0.00131. The molecule has 0 radical (unpaired) electrons. The molecule has 0 unspecified atom stereocenters. The summed E-state index contributed by atoms with van der Waals surface area (Å²) in [5.74, 6) is 0.223. The van der Waals surface area contributed by atoms with Crippen molar-refractivity contribution in [2.24, 2.45) is 5.41 Å². The number of halogens is 2. The van der Waals surface area contributed by atoms with Crippen LogP contribution in [-0.2, 0) is 6.42 Å². The molecular formula is C16H15BrClNO. The first-order valence-corrected chi connectivity index (χ1v) is 7.73. The van der Waals surface area contributed by atoms with Crippen LogP contribution in [0.15, 0.2) is 34.9 Å². The lowest BCUT2D eigenvalue weighted by Gasteiger charge is -2.29. The molecule has 0 spiro atoms. The van der Waals surface area contributed by atoms with Crippen LogP contribution >= 0.6 is 27.5 Å². The number of hydrogen-bond acceptors (Lipinski definition) is 1. The van der Waals surface area contributed by atoms with Crippen LogP contribution in [0.4, 0.5) is 0 Å². The van der Waals surface area contributed by atoms with Crippen molar-refractivity contribution in [2.75, 3.05) is 0 Å². The number of carbonyl (C=O) groups is 1. The van der Waals surface area contributed by atoms with E-state index in [0.29, 0.717) is 11.4 Å². The first-order chi connectivity index (χ1) is 9.37. The second-order valence-electron chi connectivity index (χ2n) is 6.08. The third kappa shape index (κ3) is 2.33. The first kappa shape index (κ1) is 13.9. The van der Waals surface area contributed by atoms with E-state index in [2.05, 4.69) is 29.8 Å². The molecule has 2 nitrogen and oxygen atoms in total. The molecule has 2 aromatic rings. The van der Waals surface area contributed by atoms with Crippen LogP contribution in [-0.4, -0.2) is 10.4 Å². The molecular weight excluding hydrogens is 338 g/mol. The fourth-order valence-electron chi connectivity index (χ4n) is 2.84. The summed E-state index contributed by atoms with van der Waals surface area (Å²) in [5, 5.41) is 0.683. The van der Waals surface area contributed by atoms with Crippen LogP contribution in [0.3, 0.4) is 0 Å². The molecule has 0 fully saturated rings. The summed E-state index contributed by atoms with van der Waals surface area (Å²) in [7, 11) is 0. The number of benzene rings is 1. The Bertz CT molecular complexity index is 702. The van der Waals surface area contributed by atoms with Crippen LogP contribution in [0, 0.1) is 5.41 Å². The smallest absolute Gasteiger partial charge is 0.165 e. The van der Waals surface area contributed by atoms with Gasteiger partial charge in [-0.25, -0.2) is 0 Å². The maximum atomic E-state index is 12.2. The molecule has 4 heteroatoms. The molecule has 0 aliphatic heterocycles. The van der Waals surface area contributed by atoms with Gasteiger partial charge in [-0.1, -0.05) is 41.4 Å². The SMILES string of the molecule is CC1(C)CC(=O)c2ccn(-c3cc(Br)ccc3Cl)c2C1. The zero-order valence-corrected chi connectivity index (χ0v) is 13.8. The maximum Gasteiger partial charge on any atom is 0.165 e. The molecule has 1 heterocycles. The number of ketones is 1. The van der Waals surface area contributed by atoms with Crippen molar-refractivity contribution in [3.63, 3.8) is 0 Å². The lowest BCUT2D eigenvalue weighted by Crippen LogP contribution is -2.27. The van der Waals surface area contributed by atoms with E-state index in [4.69, 9.17) is 11.6 Å². The highest BCUT2D eigenvalue weighted by Gasteiger charge is 2.33. The van der Waals surface area contributed by atoms with Crippen molar-refractivity contribution in [1.29, 1.82) is 0 Å². The predicted octanol–water partition coefficient (Wildman–Crippen LogP) is 5.05. The number of nitrogens with zero attached hydrogens (tertiary/aromatic N) is 1. The Morgan fingerprint density at radius 2 is 2.00 bits per heavy atom. The molecule has 0 amide bonds. The Hall–Kier alpha value is -1.06. The van der Waals surface area contributed by atoms with Gasteiger partial charge >= 0.3 is 0 Å². The number of hydrogen-bond donors (Lipinski definition) is 0. The zero-order valence-electron chi connectivity index (χ0n) is 11.4. The number of Topliss-reactive ketones (excluding diaryl/α,β-unsaturated/α-hetero) is 1. The summed E-state index contributed by atoms with van der Waals surface area (Å²) in [6.07, 6.45) is 3.43. The van der Waals surface area contributed by atoms with Gasteiger partial charge in [0.05, 0.1) is 10.7 Å². The van der Waals surface area contributed by atoms with Gasteiger partial charge < -0.3 is 4.57 Å². The quantitative estimate of drug-likeness (QED) is 0.704. The summed E-state index contributed by atoms with van der Waals surface area (Å²) < 4.78 is 3.02. The third-order valence-electron chi connectivity index (χ3n) is 3.75. The summed E-state index contributed by atoms with van der Waals surface area (Å²) in [4.78, 5) is 12.2. The van der Waals surface area contributed by atoms with E-state index >= 15 is 0 Å². The maximum absolute atomic E-state index is 12.2. The standard InChI is InChI=1S/C16H15BrClNO/c1-16(2)8-14-11(15(20)9-16)5-6-19(14)13-7-10(17)3-4-12(13)18/h3-7H,8-9H2,1-2H3. The van der Waals surface area contributed by atoms with Crippen molar-refractivity contribution < 1.29 is 4.79 Å². The first-order valence-electron chi connectivity index (χ1n) is 6.56.